The predicted octanol–water partition coefficient (Wildman–Crippen LogP) is 7.12. The van der Waals surface area contributed by atoms with E-state index in [1.165, 1.54) is 0 Å². The van der Waals surface area contributed by atoms with Crippen molar-refractivity contribution in [3.05, 3.63) is 64.0 Å². The van der Waals surface area contributed by atoms with Gasteiger partial charge in [-0.2, -0.15) is 0 Å². The van der Waals surface area contributed by atoms with Crippen LogP contribution in [-0.2, 0) is 10.4 Å². The fourth-order valence-electron chi connectivity index (χ4n) is 4.86. The summed E-state index contributed by atoms with van der Waals surface area (Å²) < 4.78 is 22.3. The summed E-state index contributed by atoms with van der Waals surface area (Å²) in [5.41, 5.74) is 2.71. The summed E-state index contributed by atoms with van der Waals surface area (Å²) in [6.45, 7) is 7.85. The average molecular weight is 512 g/mol. The smallest absolute Gasteiger partial charge is 0.410 e. The van der Waals surface area contributed by atoms with Crippen LogP contribution in [-0.4, -0.2) is 33.1 Å². The Morgan fingerprint density at radius 2 is 1.91 bits per heavy atom. The van der Waals surface area contributed by atoms with E-state index in [0.717, 1.165) is 45.5 Å². The van der Waals surface area contributed by atoms with Crippen LogP contribution in [0.15, 0.2) is 47.1 Å². The molecule has 2 heterocycles. The number of ether oxygens (including phenoxy) is 1. The van der Waals surface area contributed by atoms with Gasteiger partial charge in [-0.3, -0.25) is 4.90 Å². The van der Waals surface area contributed by atoms with Gasteiger partial charge < -0.3 is 9.72 Å². The molecule has 7 heteroatoms. The molecule has 0 saturated carbocycles. The summed E-state index contributed by atoms with van der Waals surface area (Å²) in [6, 6.07) is 11.5. The highest BCUT2D eigenvalue weighted by Crippen LogP contribution is 2.51. The molecule has 1 fully saturated rings. The van der Waals surface area contributed by atoms with Gasteiger partial charge in [0.25, 0.3) is 0 Å². The quantitative estimate of drug-likeness (QED) is 0.398. The number of halogens is 2. The van der Waals surface area contributed by atoms with Crippen LogP contribution in [0.2, 0.25) is 0 Å². The van der Waals surface area contributed by atoms with E-state index in [-0.39, 0.29) is 12.1 Å². The summed E-state index contributed by atoms with van der Waals surface area (Å²) in [5.74, 6) is 0.726. The molecule has 172 valence electrons. The fraction of sp³-hybridized carbons (Fsp3) is 0.385. The first-order chi connectivity index (χ1) is 15.5. The minimum atomic E-state index is -1.58. The van der Waals surface area contributed by atoms with Crippen molar-refractivity contribution in [3.8, 4) is 22.4 Å². The number of alkyl halides is 1. The van der Waals surface area contributed by atoms with Gasteiger partial charge in [-0.25, -0.2) is 14.2 Å². The maximum atomic E-state index is 15.9. The van der Waals surface area contributed by atoms with Gasteiger partial charge in [0.1, 0.15) is 11.4 Å². The van der Waals surface area contributed by atoms with Crippen LogP contribution in [0.4, 0.5) is 9.18 Å². The Labute approximate surface area is 201 Å². The van der Waals surface area contributed by atoms with Gasteiger partial charge in [-0.1, -0.05) is 34.1 Å². The molecule has 2 aliphatic rings. The molecular formula is C26H27BrFN3O2. The van der Waals surface area contributed by atoms with Crippen molar-refractivity contribution in [2.24, 2.45) is 0 Å². The normalized spacial score (nSPS) is 21.8. The molecule has 0 spiro atoms. The molecule has 5 nitrogen and oxygen atoms in total. The number of hydrogen-bond donors (Lipinski definition) is 1. The molecule has 1 aromatic heterocycles. The maximum Gasteiger partial charge on any atom is 0.410 e. The number of amides is 1. The molecule has 1 unspecified atom stereocenters. The lowest BCUT2D eigenvalue weighted by Gasteiger charge is -2.27. The molecule has 1 amide bonds. The molecule has 0 bridgehead atoms. The lowest BCUT2D eigenvalue weighted by molar-refractivity contribution is 0.0218. The number of hydrogen-bond acceptors (Lipinski definition) is 3. The van der Waals surface area contributed by atoms with Crippen molar-refractivity contribution in [2.75, 3.05) is 6.54 Å². The molecule has 1 N–H and O–H groups in total. The van der Waals surface area contributed by atoms with Crippen LogP contribution in [0, 0.1) is 0 Å². The third-order valence-corrected chi connectivity index (χ3v) is 6.90. The molecule has 0 radical (unpaired) electrons. The Morgan fingerprint density at radius 1 is 1.21 bits per heavy atom. The van der Waals surface area contributed by atoms with Gasteiger partial charge >= 0.3 is 6.09 Å². The summed E-state index contributed by atoms with van der Waals surface area (Å²) >= 11 is 3.46. The second-order valence-electron chi connectivity index (χ2n) is 9.97. The number of carbonyl (C=O) groups is 1. The zero-order valence-electron chi connectivity index (χ0n) is 19.2. The third-order valence-electron chi connectivity index (χ3n) is 6.41. The molecule has 33 heavy (non-hydrogen) atoms. The van der Waals surface area contributed by atoms with Crippen LogP contribution in [0.3, 0.4) is 0 Å². The minimum absolute atomic E-state index is 0.156. The number of imidazole rings is 1. The fourth-order valence-corrected chi connectivity index (χ4v) is 5.22. The third kappa shape index (κ3) is 3.86. The zero-order chi connectivity index (χ0) is 23.5. The van der Waals surface area contributed by atoms with Crippen molar-refractivity contribution in [3.63, 3.8) is 0 Å². The Morgan fingerprint density at radius 3 is 2.64 bits per heavy atom. The van der Waals surface area contributed by atoms with E-state index in [1.54, 1.807) is 18.0 Å². The Balaban J connectivity index is 1.44. The number of carbonyl (C=O) groups excluding carboxylic acids is 1. The molecule has 3 aromatic rings. The lowest BCUT2D eigenvalue weighted by atomic mass is 9.94. The zero-order valence-corrected chi connectivity index (χ0v) is 20.8. The van der Waals surface area contributed by atoms with Crippen molar-refractivity contribution in [2.45, 2.75) is 57.8 Å². The first-order valence-corrected chi connectivity index (χ1v) is 12.0. The number of nitrogens with zero attached hydrogens (tertiary/aromatic N) is 2. The van der Waals surface area contributed by atoms with Gasteiger partial charge in [-0.15, -0.1) is 0 Å². The summed E-state index contributed by atoms with van der Waals surface area (Å²) in [5, 5.41) is 0. The second-order valence-corrected chi connectivity index (χ2v) is 10.9. The monoisotopic (exact) mass is 511 g/mol. The van der Waals surface area contributed by atoms with Crippen LogP contribution in [0.1, 0.15) is 63.5 Å². The van der Waals surface area contributed by atoms with Gasteiger partial charge in [0.05, 0.1) is 17.9 Å². The van der Waals surface area contributed by atoms with Gasteiger partial charge in [-0.05, 0) is 75.4 Å². The van der Waals surface area contributed by atoms with E-state index >= 15 is 4.39 Å². The van der Waals surface area contributed by atoms with E-state index in [1.807, 2.05) is 57.2 Å². The van der Waals surface area contributed by atoms with Gasteiger partial charge in [0.15, 0.2) is 5.67 Å². The number of benzene rings is 2. The number of H-pyrrole nitrogens is 1. The molecule has 5 rings (SSSR count). The summed E-state index contributed by atoms with van der Waals surface area (Å²) in [6.07, 6.45) is 3.16. The van der Waals surface area contributed by atoms with Crippen LogP contribution < -0.4 is 0 Å². The Hall–Kier alpha value is -2.67. The molecule has 1 saturated heterocycles. The molecule has 1 aliphatic carbocycles. The van der Waals surface area contributed by atoms with Crippen molar-refractivity contribution >= 4 is 22.0 Å². The van der Waals surface area contributed by atoms with Gasteiger partial charge in [0.2, 0.25) is 0 Å². The first kappa shape index (κ1) is 22.1. The predicted molar refractivity (Wildman–Crippen MR) is 130 cm³/mol. The van der Waals surface area contributed by atoms with Crippen LogP contribution in [0.5, 0.6) is 0 Å². The van der Waals surface area contributed by atoms with Crippen molar-refractivity contribution in [1.82, 2.24) is 14.9 Å². The summed E-state index contributed by atoms with van der Waals surface area (Å²) in [7, 11) is 0. The van der Waals surface area contributed by atoms with Gasteiger partial charge in [0, 0.05) is 22.1 Å². The highest BCUT2D eigenvalue weighted by molar-refractivity contribution is 9.10. The summed E-state index contributed by atoms with van der Waals surface area (Å²) in [4.78, 5) is 22.4. The lowest BCUT2D eigenvalue weighted by Crippen LogP contribution is -2.36. The van der Waals surface area contributed by atoms with E-state index in [9.17, 15) is 4.79 Å². The van der Waals surface area contributed by atoms with Crippen LogP contribution in [0.25, 0.3) is 22.4 Å². The maximum absolute atomic E-state index is 15.9. The standard InChI is InChI=1S/C26H27BrFN3O2/c1-25(2,3)33-24(32)31-11-5-6-22(31)23-29-14-21(30-23)15-7-9-17-18-10-8-16(27)13-20(18)26(4,28)19(17)12-15/h7-10,12-14,22H,5-6,11H2,1-4H3,(H,29,30)/t22-,26?/m0/s1. The molecular weight excluding hydrogens is 485 g/mol. The van der Waals surface area contributed by atoms with E-state index in [2.05, 4.69) is 25.9 Å². The molecule has 1 aliphatic heterocycles. The number of nitrogens with one attached hydrogen (secondary N) is 1. The number of rotatable bonds is 2. The second kappa shape index (κ2) is 7.69. The van der Waals surface area contributed by atoms with E-state index in [4.69, 9.17) is 4.74 Å². The largest absolute Gasteiger partial charge is 0.444 e. The number of fused-ring (bicyclic) bond motifs is 3. The highest BCUT2D eigenvalue weighted by Gasteiger charge is 2.40. The first-order valence-electron chi connectivity index (χ1n) is 11.2. The Bertz CT molecular complexity index is 1240. The average Bonchev–Trinajstić information content (AvgIpc) is 3.45. The Kier molecular flexibility index (Phi) is 5.16. The van der Waals surface area contributed by atoms with Crippen molar-refractivity contribution in [1.29, 1.82) is 0 Å². The van der Waals surface area contributed by atoms with E-state index < -0.39 is 11.3 Å². The molecule has 2 aromatic carbocycles. The number of aromatic amines is 1. The minimum Gasteiger partial charge on any atom is -0.444 e. The topological polar surface area (TPSA) is 58.2 Å². The van der Waals surface area contributed by atoms with E-state index in [0.29, 0.717) is 17.7 Å². The van der Waals surface area contributed by atoms with Crippen LogP contribution >= 0.6 is 15.9 Å². The van der Waals surface area contributed by atoms with Crippen molar-refractivity contribution < 1.29 is 13.9 Å². The number of aromatic nitrogens is 2. The molecule has 2 atom stereocenters. The highest BCUT2D eigenvalue weighted by atomic mass is 79.9. The number of likely N-dealkylation sites (tertiary alicyclic amines) is 1. The SMILES string of the molecule is CC(C)(C)OC(=O)N1CCC[C@H]1c1ncc(-c2ccc3c(c2)C(C)(F)c2cc(Br)ccc2-3)[nH]1.